The predicted molar refractivity (Wildman–Crippen MR) is 128 cm³/mol. The summed E-state index contributed by atoms with van der Waals surface area (Å²) in [5.41, 5.74) is 12.9. The third-order valence-corrected chi connectivity index (χ3v) is 3.96. The number of hydrogen-bond acceptors (Lipinski definition) is 7. The van der Waals surface area contributed by atoms with Gasteiger partial charge in [-0.25, -0.2) is 9.67 Å². The molecule has 0 aliphatic rings. The molecule has 1 aromatic heterocycles. The van der Waals surface area contributed by atoms with Crippen molar-refractivity contribution in [2.45, 2.75) is 33.2 Å². The SMILES string of the molecule is C=Nc1c(C(=O)NC)c(-c2ccc(N)cc2)nn1C(C)(C)C.CCOC/N=C\C=C\N. The molecule has 1 aromatic carbocycles. The third-order valence-electron chi connectivity index (χ3n) is 3.96. The van der Waals surface area contributed by atoms with Crippen LogP contribution in [0.3, 0.4) is 0 Å². The molecule has 0 saturated carbocycles. The lowest BCUT2D eigenvalue weighted by Gasteiger charge is -2.20. The minimum atomic E-state index is -0.328. The van der Waals surface area contributed by atoms with E-state index in [9.17, 15) is 4.79 Å². The van der Waals surface area contributed by atoms with E-state index in [0.29, 0.717) is 36.1 Å². The second-order valence-electron chi connectivity index (χ2n) is 7.33. The van der Waals surface area contributed by atoms with Crippen molar-refractivity contribution in [3.05, 3.63) is 42.1 Å². The van der Waals surface area contributed by atoms with E-state index in [-0.39, 0.29) is 11.4 Å². The smallest absolute Gasteiger partial charge is 0.257 e. The first-order valence-electron chi connectivity index (χ1n) is 9.83. The van der Waals surface area contributed by atoms with E-state index >= 15 is 0 Å². The molecule has 0 aliphatic heterocycles. The summed E-state index contributed by atoms with van der Waals surface area (Å²) in [7, 11) is 1.58. The fourth-order valence-corrected chi connectivity index (χ4v) is 2.50. The Hall–Kier alpha value is -3.46. The first-order chi connectivity index (χ1) is 14.7. The number of benzene rings is 1. The number of nitrogen functional groups attached to an aromatic ring is 1. The molecule has 0 radical (unpaired) electrons. The second-order valence-corrected chi connectivity index (χ2v) is 7.33. The number of nitrogens with one attached hydrogen (secondary N) is 1. The monoisotopic (exact) mass is 427 g/mol. The van der Waals surface area contributed by atoms with Gasteiger partial charge in [0.15, 0.2) is 5.82 Å². The number of nitrogens with zero attached hydrogens (tertiary/aromatic N) is 4. The van der Waals surface area contributed by atoms with Gasteiger partial charge in [0.1, 0.15) is 18.0 Å². The minimum Gasteiger partial charge on any atom is -0.405 e. The van der Waals surface area contributed by atoms with Gasteiger partial charge in [-0.15, -0.1) is 0 Å². The fourth-order valence-electron chi connectivity index (χ4n) is 2.50. The zero-order chi connectivity index (χ0) is 23.4. The molecule has 2 rings (SSSR count). The summed E-state index contributed by atoms with van der Waals surface area (Å²) in [4.78, 5) is 20.2. The summed E-state index contributed by atoms with van der Waals surface area (Å²) < 4.78 is 6.63. The van der Waals surface area contributed by atoms with E-state index in [1.54, 1.807) is 36.2 Å². The van der Waals surface area contributed by atoms with Gasteiger partial charge in [0, 0.05) is 31.1 Å². The third kappa shape index (κ3) is 7.38. The van der Waals surface area contributed by atoms with E-state index in [1.165, 1.54) is 6.20 Å². The highest BCUT2D eigenvalue weighted by atomic mass is 16.5. The highest BCUT2D eigenvalue weighted by Gasteiger charge is 2.28. The number of hydrogen-bond donors (Lipinski definition) is 3. The van der Waals surface area contributed by atoms with Crippen LogP contribution in [0.15, 0.2) is 46.5 Å². The Bertz CT molecular complexity index is 907. The normalized spacial score (nSPS) is 11.4. The summed E-state index contributed by atoms with van der Waals surface area (Å²) in [6.07, 6.45) is 4.68. The largest absolute Gasteiger partial charge is 0.405 e. The molecular weight excluding hydrogens is 394 g/mol. The van der Waals surface area contributed by atoms with Crippen molar-refractivity contribution in [1.82, 2.24) is 15.1 Å². The molecule has 0 saturated heterocycles. The van der Waals surface area contributed by atoms with Crippen LogP contribution in [0.1, 0.15) is 38.1 Å². The van der Waals surface area contributed by atoms with Crippen molar-refractivity contribution in [2.75, 3.05) is 26.1 Å². The zero-order valence-electron chi connectivity index (χ0n) is 18.9. The van der Waals surface area contributed by atoms with Crippen LogP contribution in [0, 0.1) is 0 Å². The number of carbonyl (C=O) groups excluding carboxylic acids is 1. The maximum atomic E-state index is 12.3. The summed E-state index contributed by atoms with van der Waals surface area (Å²) in [5, 5.41) is 7.24. The molecule has 0 bridgehead atoms. The number of carbonyl (C=O) groups is 1. The predicted octanol–water partition coefficient (Wildman–Crippen LogP) is 3.10. The van der Waals surface area contributed by atoms with Gasteiger partial charge in [-0.2, -0.15) is 5.10 Å². The number of amides is 1. The van der Waals surface area contributed by atoms with Gasteiger partial charge < -0.3 is 21.5 Å². The Morgan fingerprint density at radius 2 is 1.97 bits per heavy atom. The lowest BCUT2D eigenvalue weighted by molar-refractivity contribution is 0.0964. The fraction of sp³-hybridized carbons (Fsp3) is 0.364. The molecule has 0 atom stereocenters. The molecule has 9 heteroatoms. The molecule has 0 fully saturated rings. The van der Waals surface area contributed by atoms with E-state index < -0.39 is 0 Å². The standard InChI is InChI=1S/C16H21N5O.C6H12N2O/c1-16(2,3)21-14(18-4)12(15(22)19-5)13(20-21)10-6-8-11(17)9-7-10;1-2-9-6-8-5-3-4-7/h6-9H,4,17H2,1-3,5H3,(H,19,22);3-5H,2,6-7H2,1H3/b;4-3+,8-5-. The second kappa shape index (κ2) is 12.3. The molecule has 0 aliphatic carbocycles. The summed E-state index contributed by atoms with van der Waals surface area (Å²) in [6.45, 7) is 12.6. The Morgan fingerprint density at radius 1 is 1.32 bits per heavy atom. The van der Waals surface area contributed by atoms with Gasteiger partial charge >= 0.3 is 0 Å². The van der Waals surface area contributed by atoms with Crippen LogP contribution in [-0.2, 0) is 10.3 Å². The summed E-state index contributed by atoms with van der Waals surface area (Å²) in [6, 6.07) is 7.23. The van der Waals surface area contributed by atoms with Crippen LogP contribution in [0.5, 0.6) is 0 Å². The Kier molecular flexibility index (Phi) is 10.1. The van der Waals surface area contributed by atoms with Gasteiger partial charge in [-0.05, 0) is 58.8 Å². The molecule has 0 spiro atoms. The lowest BCUT2D eigenvalue weighted by Crippen LogP contribution is -2.23. The molecular formula is C22H33N7O2. The van der Waals surface area contributed by atoms with Crippen LogP contribution in [-0.4, -0.2) is 49.0 Å². The summed E-state index contributed by atoms with van der Waals surface area (Å²) in [5.74, 6) is 0.211. The Morgan fingerprint density at radius 3 is 2.45 bits per heavy atom. The van der Waals surface area contributed by atoms with Gasteiger partial charge in [0.2, 0.25) is 0 Å². The zero-order valence-corrected chi connectivity index (χ0v) is 18.9. The van der Waals surface area contributed by atoms with Gasteiger partial charge in [0.25, 0.3) is 5.91 Å². The highest BCUT2D eigenvalue weighted by molar-refractivity contribution is 6.04. The number of allylic oxidation sites excluding steroid dienone is 1. The molecule has 1 heterocycles. The molecule has 5 N–H and O–H groups in total. The van der Waals surface area contributed by atoms with E-state index in [1.807, 2.05) is 39.8 Å². The van der Waals surface area contributed by atoms with Crippen molar-refractivity contribution in [2.24, 2.45) is 15.7 Å². The van der Waals surface area contributed by atoms with Crippen molar-refractivity contribution >= 4 is 30.3 Å². The lowest BCUT2D eigenvalue weighted by atomic mass is 10.1. The van der Waals surface area contributed by atoms with Crippen molar-refractivity contribution < 1.29 is 9.53 Å². The summed E-state index contributed by atoms with van der Waals surface area (Å²) >= 11 is 0. The van der Waals surface area contributed by atoms with Crippen molar-refractivity contribution in [1.29, 1.82) is 0 Å². The number of anilines is 1. The minimum absolute atomic E-state index is 0.246. The first kappa shape index (κ1) is 25.6. The number of nitrogens with two attached hydrogens (primary N) is 2. The molecule has 9 nitrogen and oxygen atoms in total. The maximum absolute atomic E-state index is 12.3. The average Bonchev–Trinajstić information content (AvgIpc) is 3.14. The molecule has 0 unspecified atom stereocenters. The quantitative estimate of drug-likeness (QED) is 0.355. The number of ether oxygens (including phenoxy) is 1. The van der Waals surface area contributed by atoms with Crippen LogP contribution in [0.2, 0.25) is 0 Å². The van der Waals surface area contributed by atoms with Crippen LogP contribution < -0.4 is 16.8 Å². The average molecular weight is 428 g/mol. The molecule has 168 valence electrons. The van der Waals surface area contributed by atoms with Crippen LogP contribution >= 0.6 is 0 Å². The van der Waals surface area contributed by atoms with Crippen molar-refractivity contribution in [3.63, 3.8) is 0 Å². The number of aliphatic imine (C=N–C) groups is 2. The maximum Gasteiger partial charge on any atom is 0.257 e. The Balaban J connectivity index is 0.000000452. The highest BCUT2D eigenvalue weighted by Crippen LogP contribution is 2.34. The Labute approximate surface area is 183 Å². The van der Waals surface area contributed by atoms with E-state index in [2.05, 4.69) is 27.1 Å². The van der Waals surface area contributed by atoms with E-state index in [4.69, 9.17) is 16.2 Å². The van der Waals surface area contributed by atoms with Gasteiger partial charge in [-0.1, -0.05) is 12.1 Å². The topological polar surface area (TPSA) is 133 Å². The first-order valence-corrected chi connectivity index (χ1v) is 9.83. The molecule has 2 aromatic rings. The van der Waals surface area contributed by atoms with Gasteiger partial charge in [0.05, 0.1) is 5.54 Å². The number of aromatic nitrogens is 2. The number of rotatable bonds is 7. The van der Waals surface area contributed by atoms with Crippen LogP contribution in [0.25, 0.3) is 11.3 Å². The molecule has 31 heavy (non-hydrogen) atoms. The van der Waals surface area contributed by atoms with E-state index in [0.717, 1.165) is 5.56 Å². The van der Waals surface area contributed by atoms with Gasteiger partial charge in [-0.3, -0.25) is 9.79 Å². The van der Waals surface area contributed by atoms with Crippen LogP contribution in [0.4, 0.5) is 11.5 Å². The van der Waals surface area contributed by atoms with Crippen molar-refractivity contribution in [3.8, 4) is 11.3 Å². The molecule has 1 amide bonds.